The number of anilines is 3. The van der Waals surface area contributed by atoms with E-state index in [0.29, 0.717) is 25.6 Å². The highest BCUT2D eigenvalue weighted by molar-refractivity contribution is 5.91. The van der Waals surface area contributed by atoms with Gasteiger partial charge in [-0.15, -0.1) is 0 Å². The van der Waals surface area contributed by atoms with Crippen LogP contribution in [0.25, 0.3) is 0 Å². The van der Waals surface area contributed by atoms with Crippen molar-refractivity contribution in [2.45, 2.75) is 20.3 Å². The summed E-state index contributed by atoms with van der Waals surface area (Å²) >= 11 is 0. The van der Waals surface area contributed by atoms with E-state index in [1.54, 1.807) is 0 Å². The summed E-state index contributed by atoms with van der Waals surface area (Å²) in [5.41, 5.74) is 2.66. The van der Waals surface area contributed by atoms with Crippen LogP contribution >= 0.6 is 0 Å². The molecule has 126 valence electrons. The molecule has 0 unspecified atom stereocenters. The molecular formula is C19H22N2O3. The Morgan fingerprint density at radius 3 is 2.29 bits per heavy atom. The van der Waals surface area contributed by atoms with Gasteiger partial charge in [0.05, 0.1) is 0 Å². The molecule has 0 aliphatic carbocycles. The zero-order chi connectivity index (χ0) is 16.9. The Bertz CT molecular complexity index is 711. The number of nitrogens with one attached hydrogen (secondary N) is 2. The lowest BCUT2D eigenvalue weighted by Crippen LogP contribution is -2.15. The third-order valence-electron chi connectivity index (χ3n) is 3.59. The maximum absolute atomic E-state index is 11.8. The lowest BCUT2D eigenvalue weighted by atomic mass is 10.1. The Morgan fingerprint density at radius 1 is 0.958 bits per heavy atom. The second kappa shape index (κ2) is 7.25. The van der Waals surface area contributed by atoms with Crippen molar-refractivity contribution in [3.05, 3.63) is 42.5 Å². The molecule has 5 heteroatoms. The SMILES string of the molecule is CC(C)CC(=O)Nc1ccc(Nc2ccc3c(c2)OCCO3)cc1. The molecule has 0 atom stereocenters. The summed E-state index contributed by atoms with van der Waals surface area (Å²) in [6.45, 7) is 5.21. The number of carbonyl (C=O) groups excluding carboxylic acids is 1. The van der Waals surface area contributed by atoms with Gasteiger partial charge in [0.2, 0.25) is 5.91 Å². The first-order valence-corrected chi connectivity index (χ1v) is 8.17. The minimum absolute atomic E-state index is 0.0394. The van der Waals surface area contributed by atoms with E-state index in [4.69, 9.17) is 9.47 Å². The van der Waals surface area contributed by atoms with Crippen molar-refractivity contribution in [1.82, 2.24) is 0 Å². The first-order chi connectivity index (χ1) is 11.6. The molecule has 0 saturated carbocycles. The van der Waals surface area contributed by atoms with E-state index in [2.05, 4.69) is 10.6 Å². The van der Waals surface area contributed by atoms with Crippen LogP contribution < -0.4 is 20.1 Å². The zero-order valence-corrected chi connectivity index (χ0v) is 14.0. The summed E-state index contributed by atoms with van der Waals surface area (Å²) < 4.78 is 11.1. The predicted molar refractivity (Wildman–Crippen MR) is 95.2 cm³/mol. The molecule has 0 bridgehead atoms. The molecule has 0 radical (unpaired) electrons. The second-order valence-electron chi connectivity index (χ2n) is 6.21. The number of ether oxygens (including phenoxy) is 2. The summed E-state index contributed by atoms with van der Waals surface area (Å²) in [6.07, 6.45) is 0.525. The molecule has 0 spiro atoms. The number of carbonyl (C=O) groups is 1. The van der Waals surface area contributed by atoms with Crippen molar-refractivity contribution < 1.29 is 14.3 Å². The van der Waals surface area contributed by atoms with Gasteiger partial charge in [0.1, 0.15) is 13.2 Å². The molecule has 0 saturated heterocycles. The zero-order valence-electron chi connectivity index (χ0n) is 14.0. The fourth-order valence-corrected chi connectivity index (χ4v) is 2.51. The quantitative estimate of drug-likeness (QED) is 0.865. The first kappa shape index (κ1) is 16.2. The summed E-state index contributed by atoms with van der Waals surface area (Å²) in [5, 5.41) is 6.22. The molecule has 0 fully saturated rings. The number of amides is 1. The van der Waals surface area contributed by atoms with Crippen LogP contribution in [0.4, 0.5) is 17.1 Å². The van der Waals surface area contributed by atoms with Gasteiger partial charge in [-0.1, -0.05) is 13.8 Å². The molecule has 2 N–H and O–H groups in total. The molecular weight excluding hydrogens is 304 g/mol. The van der Waals surface area contributed by atoms with E-state index in [9.17, 15) is 4.79 Å². The van der Waals surface area contributed by atoms with E-state index >= 15 is 0 Å². The third kappa shape index (κ3) is 4.19. The van der Waals surface area contributed by atoms with Gasteiger partial charge in [-0.3, -0.25) is 4.79 Å². The largest absolute Gasteiger partial charge is 0.486 e. The van der Waals surface area contributed by atoms with Crippen molar-refractivity contribution in [2.24, 2.45) is 5.92 Å². The van der Waals surface area contributed by atoms with E-state index in [1.165, 1.54) is 0 Å². The molecule has 1 amide bonds. The molecule has 2 aromatic carbocycles. The van der Waals surface area contributed by atoms with Crippen molar-refractivity contribution >= 4 is 23.0 Å². The Kier molecular flexibility index (Phi) is 4.89. The van der Waals surface area contributed by atoms with Crippen LogP contribution in [0, 0.1) is 5.92 Å². The van der Waals surface area contributed by atoms with Gasteiger partial charge in [-0.05, 0) is 42.3 Å². The highest BCUT2D eigenvalue weighted by Gasteiger charge is 2.11. The Balaban J connectivity index is 1.63. The number of benzene rings is 2. The van der Waals surface area contributed by atoms with Gasteiger partial charge in [0.25, 0.3) is 0 Å². The summed E-state index contributed by atoms with van der Waals surface area (Å²) in [4.78, 5) is 11.8. The molecule has 1 aliphatic heterocycles. The maximum atomic E-state index is 11.8. The van der Waals surface area contributed by atoms with Crippen molar-refractivity contribution in [1.29, 1.82) is 0 Å². The third-order valence-corrected chi connectivity index (χ3v) is 3.59. The number of fused-ring (bicyclic) bond motifs is 1. The van der Waals surface area contributed by atoms with Crippen LogP contribution in [-0.4, -0.2) is 19.1 Å². The minimum atomic E-state index is 0.0394. The van der Waals surface area contributed by atoms with Crippen LogP contribution in [0.5, 0.6) is 11.5 Å². The minimum Gasteiger partial charge on any atom is -0.486 e. The average Bonchev–Trinajstić information content (AvgIpc) is 2.56. The Hall–Kier alpha value is -2.69. The molecule has 24 heavy (non-hydrogen) atoms. The van der Waals surface area contributed by atoms with E-state index in [0.717, 1.165) is 28.6 Å². The maximum Gasteiger partial charge on any atom is 0.224 e. The van der Waals surface area contributed by atoms with Crippen LogP contribution in [0.1, 0.15) is 20.3 Å². The van der Waals surface area contributed by atoms with Gasteiger partial charge < -0.3 is 20.1 Å². The fourth-order valence-electron chi connectivity index (χ4n) is 2.51. The van der Waals surface area contributed by atoms with E-state index < -0.39 is 0 Å². The highest BCUT2D eigenvalue weighted by Crippen LogP contribution is 2.33. The van der Waals surface area contributed by atoms with E-state index in [-0.39, 0.29) is 5.91 Å². The smallest absolute Gasteiger partial charge is 0.224 e. The van der Waals surface area contributed by atoms with Gasteiger partial charge in [-0.2, -0.15) is 0 Å². The first-order valence-electron chi connectivity index (χ1n) is 8.17. The van der Waals surface area contributed by atoms with Crippen LogP contribution in [0.15, 0.2) is 42.5 Å². The predicted octanol–water partition coefficient (Wildman–Crippen LogP) is 4.19. The number of hydrogen-bond acceptors (Lipinski definition) is 4. The highest BCUT2D eigenvalue weighted by atomic mass is 16.6. The normalized spacial score (nSPS) is 12.8. The second-order valence-corrected chi connectivity index (χ2v) is 6.21. The van der Waals surface area contributed by atoms with Crippen molar-refractivity contribution in [3.63, 3.8) is 0 Å². The molecule has 5 nitrogen and oxygen atoms in total. The lowest BCUT2D eigenvalue weighted by molar-refractivity contribution is -0.116. The van der Waals surface area contributed by atoms with Crippen LogP contribution in [-0.2, 0) is 4.79 Å². The van der Waals surface area contributed by atoms with Crippen LogP contribution in [0.2, 0.25) is 0 Å². The topological polar surface area (TPSA) is 59.6 Å². The molecule has 0 aromatic heterocycles. The Labute approximate surface area is 142 Å². The van der Waals surface area contributed by atoms with Crippen molar-refractivity contribution in [3.8, 4) is 11.5 Å². The lowest BCUT2D eigenvalue weighted by Gasteiger charge is -2.19. The van der Waals surface area contributed by atoms with Crippen LogP contribution in [0.3, 0.4) is 0 Å². The molecule has 1 heterocycles. The number of rotatable bonds is 5. The summed E-state index contributed by atoms with van der Waals surface area (Å²) in [6, 6.07) is 13.4. The fraction of sp³-hybridized carbons (Fsp3) is 0.316. The molecule has 1 aliphatic rings. The standard InChI is InChI=1S/C19H22N2O3/c1-13(2)11-19(22)21-15-5-3-14(4-6-15)20-16-7-8-17-18(12-16)24-10-9-23-17/h3-8,12-13,20H,9-11H2,1-2H3,(H,21,22). The summed E-state index contributed by atoms with van der Waals surface area (Å²) in [7, 11) is 0. The van der Waals surface area contributed by atoms with Crippen molar-refractivity contribution in [2.75, 3.05) is 23.8 Å². The monoisotopic (exact) mass is 326 g/mol. The van der Waals surface area contributed by atoms with Gasteiger partial charge in [0, 0.05) is 29.5 Å². The van der Waals surface area contributed by atoms with Gasteiger partial charge >= 0.3 is 0 Å². The van der Waals surface area contributed by atoms with E-state index in [1.807, 2.05) is 56.3 Å². The van der Waals surface area contributed by atoms with Gasteiger partial charge in [0.15, 0.2) is 11.5 Å². The average molecular weight is 326 g/mol. The molecule has 2 aromatic rings. The summed E-state index contributed by atoms with van der Waals surface area (Å²) in [5.74, 6) is 1.91. The van der Waals surface area contributed by atoms with Gasteiger partial charge in [-0.25, -0.2) is 0 Å². The Morgan fingerprint density at radius 2 is 1.58 bits per heavy atom. The number of hydrogen-bond donors (Lipinski definition) is 2. The molecule has 3 rings (SSSR count).